The minimum Gasteiger partial charge on any atom is -0.380 e. The van der Waals surface area contributed by atoms with Gasteiger partial charge in [-0.05, 0) is 40.8 Å². The normalized spacial score (nSPS) is 10.2. The van der Waals surface area contributed by atoms with Gasteiger partial charge in [-0.25, -0.2) is 4.68 Å². The fourth-order valence-electron chi connectivity index (χ4n) is 1.40. The Balaban J connectivity index is 2.04. The average molecular weight is 360 g/mol. The lowest BCUT2D eigenvalue weighted by Gasteiger charge is -2.07. The molecule has 0 saturated heterocycles. The van der Waals surface area contributed by atoms with Crippen LogP contribution in [0.2, 0.25) is 5.02 Å². The highest BCUT2D eigenvalue weighted by Gasteiger charge is 2.01. The third-order valence-corrected chi connectivity index (χ3v) is 3.24. The van der Waals surface area contributed by atoms with E-state index in [2.05, 4.69) is 39.6 Å². The maximum absolute atomic E-state index is 6.12. The average Bonchev–Trinajstić information content (AvgIpc) is 2.76. The van der Waals surface area contributed by atoms with Crippen molar-refractivity contribution in [3.63, 3.8) is 0 Å². The van der Waals surface area contributed by atoms with E-state index >= 15 is 0 Å². The van der Waals surface area contributed by atoms with Crippen molar-refractivity contribution in [1.29, 1.82) is 0 Å². The Morgan fingerprint density at radius 3 is 3.00 bits per heavy atom. The van der Waals surface area contributed by atoms with Crippen molar-refractivity contribution in [2.24, 2.45) is 0 Å². The van der Waals surface area contributed by atoms with E-state index in [0.29, 0.717) is 6.54 Å². The minimum absolute atomic E-state index is 0.689. The zero-order chi connectivity index (χ0) is 12.3. The van der Waals surface area contributed by atoms with E-state index in [0.717, 1.165) is 19.8 Å². The molecule has 0 radical (unpaired) electrons. The third kappa shape index (κ3) is 3.23. The summed E-state index contributed by atoms with van der Waals surface area (Å²) < 4.78 is 2.80. The summed E-state index contributed by atoms with van der Waals surface area (Å²) in [6.07, 6.45) is 5.37. The van der Waals surface area contributed by atoms with Crippen LogP contribution in [0.1, 0.15) is 5.56 Å². The highest BCUT2D eigenvalue weighted by Crippen LogP contribution is 2.24. The van der Waals surface area contributed by atoms with Gasteiger partial charge in [0.15, 0.2) is 0 Å². The van der Waals surface area contributed by atoms with E-state index in [1.807, 2.05) is 24.4 Å². The van der Waals surface area contributed by atoms with Crippen LogP contribution < -0.4 is 5.32 Å². The van der Waals surface area contributed by atoms with Gasteiger partial charge in [0.1, 0.15) is 0 Å². The monoisotopic (exact) mass is 359 g/mol. The molecule has 0 atom stereocenters. The number of benzene rings is 1. The molecule has 0 amide bonds. The summed E-state index contributed by atoms with van der Waals surface area (Å²) in [5, 5.41) is 8.11. The molecule has 17 heavy (non-hydrogen) atoms. The van der Waals surface area contributed by atoms with Crippen LogP contribution in [0.5, 0.6) is 0 Å². The molecule has 5 heteroatoms. The Morgan fingerprint density at radius 1 is 1.53 bits per heavy atom. The van der Waals surface area contributed by atoms with Crippen LogP contribution in [-0.2, 0) is 6.54 Å². The van der Waals surface area contributed by atoms with E-state index in [1.54, 1.807) is 17.1 Å². The first-order valence-electron chi connectivity index (χ1n) is 5.03. The number of nitrogens with one attached hydrogen (secondary N) is 1. The number of hydrogen-bond acceptors (Lipinski definition) is 2. The zero-order valence-electron chi connectivity index (χ0n) is 9.03. The Morgan fingerprint density at radius 2 is 2.35 bits per heavy atom. The summed E-state index contributed by atoms with van der Waals surface area (Å²) in [5.41, 5.74) is 2.01. The highest BCUT2D eigenvalue weighted by molar-refractivity contribution is 14.1. The number of halogens is 2. The van der Waals surface area contributed by atoms with Gasteiger partial charge >= 0.3 is 0 Å². The molecule has 0 aliphatic heterocycles. The molecule has 0 spiro atoms. The van der Waals surface area contributed by atoms with Gasteiger partial charge in [0.05, 0.1) is 16.9 Å². The van der Waals surface area contributed by atoms with Crippen molar-refractivity contribution >= 4 is 46.1 Å². The van der Waals surface area contributed by atoms with Crippen molar-refractivity contribution in [1.82, 2.24) is 9.78 Å². The Labute approximate surface area is 119 Å². The molecule has 88 valence electrons. The van der Waals surface area contributed by atoms with Gasteiger partial charge in [-0.15, -0.1) is 0 Å². The second kappa shape index (κ2) is 5.55. The van der Waals surface area contributed by atoms with E-state index in [-0.39, 0.29) is 0 Å². The fraction of sp³-hybridized carbons (Fsp3) is 0.0833. The minimum atomic E-state index is 0.689. The number of aromatic nitrogens is 2. The molecule has 1 heterocycles. The first-order valence-corrected chi connectivity index (χ1v) is 6.49. The molecule has 0 aliphatic rings. The largest absolute Gasteiger partial charge is 0.380 e. The van der Waals surface area contributed by atoms with Crippen LogP contribution in [0.3, 0.4) is 0 Å². The quantitative estimate of drug-likeness (QED) is 0.840. The van der Waals surface area contributed by atoms with Gasteiger partial charge in [0, 0.05) is 28.1 Å². The molecule has 0 saturated carbocycles. The Hall–Kier alpha value is -1.01. The van der Waals surface area contributed by atoms with Gasteiger partial charge in [-0.3, -0.25) is 0 Å². The molecule has 0 unspecified atom stereocenters. The molecule has 2 rings (SSSR count). The standard InChI is InChI=1S/C12H11ClIN3/c1-2-17-8-9(7-16-17)6-15-12-4-3-10(14)5-11(12)13/h2-5,7-8,15H,1,6H2. The molecule has 0 aliphatic carbocycles. The van der Waals surface area contributed by atoms with Crippen LogP contribution in [0.15, 0.2) is 37.2 Å². The summed E-state index contributed by atoms with van der Waals surface area (Å²) in [5.74, 6) is 0. The molecular weight excluding hydrogens is 349 g/mol. The molecule has 1 N–H and O–H groups in total. The SMILES string of the molecule is C=Cn1cc(CNc2ccc(I)cc2Cl)cn1. The van der Waals surface area contributed by atoms with Crippen molar-refractivity contribution in [2.75, 3.05) is 5.32 Å². The topological polar surface area (TPSA) is 29.9 Å². The van der Waals surface area contributed by atoms with Gasteiger partial charge in [0.2, 0.25) is 0 Å². The van der Waals surface area contributed by atoms with Crippen LogP contribution in [-0.4, -0.2) is 9.78 Å². The lowest BCUT2D eigenvalue weighted by Crippen LogP contribution is -1.99. The number of hydrogen-bond donors (Lipinski definition) is 1. The Bertz CT molecular complexity index is 536. The third-order valence-electron chi connectivity index (χ3n) is 2.26. The first kappa shape index (κ1) is 12.4. The summed E-state index contributed by atoms with van der Waals surface area (Å²) >= 11 is 8.36. The molecule has 0 bridgehead atoms. The molecule has 1 aromatic carbocycles. The Kier molecular flexibility index (Phi) is 4.06. The lowest BCUT2D eigenvalue weighted by molar-refractivity contribution is 0.936. The second-order valence-electron chi connectivity index (χ2n) is 3.49. The maximum Gasteiger partial charge on any atom is 0.0648 e. The summed E-state index contributed by atoms with van der Waals surface area (Å²) in [6.45, 7) is 4.33. The van der Waals surface area contributed by atoms with Gasteiger partial charge in [0.25, 0.3) is 0 Å². The van der Waals surface area contributed by atoms with Crippen molar-refractivity contribution < 1.29 is 0 Å². The van der Waals surface area contributed by atoms with Crippen LogP contribution in [0, 0.1) is 3.57 Å². The molecule has 3 nitrogen and oxygen atoms in total. The van der Waals surface area contributed by atoms with Crippen LogP contribution in [0.25, 0.3) is 6.20 Å². The summed E-state index contributed by atoms with van der Waals surface area (Å²) in [7, 11) is 0. The predicted molar refractivity (Wildman–Crippen MR) is 80.1 cm³/mol. The van der Waals surface area contributed by atoms with Crippen LogP contribution >= 0.6 is 34.2 Å². The van der Waals surface area contributed by atoms with E-state index < -0.39 is 0 Å². The smallest absolute Gasteiger partial charge is 0.0648 e. The first-order chi connectivity index (χ1) is 8.19. The number of anilines is 1. The molecule has 1 aromatic heterocycles. The fourth-order valence-corrected chi connectivity index (χ4v) is 2.32. The summed E-state index contributed by atoms with van der Waals surface area (Å²) in [4.78, 5) is 0. The van der Waals surface area contributed by atoms with Crippen molar-refractivity contribution in [3.05, 3.63) is 51.3 Å². The number of nitrogens with zero attached hydrogens (tertiary/aromatic N) is 2. The van der Waals surface area contributed by atoms with Crippen molar-refractivity contribution in [3.8, 4) is 0 Å². The van der Waals surface area contributed by atoms with E-state index in [1.165, 1.54) is 0 Å². The van der Waals surface area contributed by atoms with Gasteiger partial charge < -0.3 is 5.32 Å². The predicted octanol–water partition coefficient (Wildman–Crippen LogP) is 3.85. The molecule has 2 aromatic rings. The second-order valence-corrected chi connectivity index (χ2v) is 5.14. The zero-order valence-corrected chi connectivity index (χ0v) is 11.9. The van der Waals surface area contributed by atoms with E-state index in [9.17, 15) is 0 Å². The molecule has 0 fully saturated rings. The number of rotatable bonds is 4. The van der Waals surface area contributed by atoms with Gasteiger partial charge in [-0.1, -0.05) is 18.2 Å². The van der Waals surface area contributed by atoms with Crippen molar-refractivity contribution in [2.45, 2.75) is 6.54 Å². The van der Waals surface area contributed by atoms with Crippen LogP contribution in [0.4, 0.5) is 5.69 Å². The van der Waals surface area contributed by atoms with Gasteiger partial charge in [-0.2, -0.15) is 5.10 Å². The van der Waals surface area contributed by atoms with E-state index in [4.69, 9.17) is 11.6 Å². The maximum atomic E-state index is 6.12. The highest BCUT2D eigenvalue weighted by atomic mass is 127. The molecular formula is C12H11ClIN3. The lowest BCUT2D eigenvalue weighted by atomic mass is 10.3. The summed E-state index contributed by atoms with van der Waals surface area (Å²) in [6, 6.07) is 5.92.